The number of Topliss-reactive ketones (excluding diaryl/α,β-unsaturated/α-hetero) is 1. The number of rotatable bonds is 12. The predicted molar refractivity (Wildman–Crippen MR) is 132 cm³/mol. The van der Waals surface area contributed by atoms with Crippen LogP contribution in [0.1, 0.15) is 28.9 Å². The Morgan fingerprint density at radius 3 is 2.58 bits per heavy atom. The first-order valence-electron chi connectivity index (χ1n) is 11.8. The number of carbonyl (C=O) groups is 2. The van der Waals surface area contributed by atoms with Crippen molar-refractivity contribution < 1.29 is 24.2 Å². The van der Waals surface area contributed by atoms with Gasteiger partial charge in [-0.2, -0.15) is 15.4 Å². The largest absolute Gasteiger partial charge is 0.481 e. The van der Waals surface area contributed by atoms with Gasteiger partial charge in [-0.05, 0) is 48.1 Å². The van der Waals surface area contributed by atoms with Crippen LogP contribution in [-0.2, 0) is 11.2 Å². The van der Waals surface area contributed by atoms with Crippen molar-refractivity contribution >= 4 is 23.4 Å². The summed E-state index contributed by atoms with van der Waals surface area (Å²) in [7, 11) is 0. The van der Waals surface area contributed by atoms with Crippen molar-refractivity contribution in [1.82, 2.24) is 20.3 Å². The number of aliphatic carboxylic acids is 1. The number of likely N-dealkylation sites (tertiary alicyclic amines) is 1. The van der Waals surface area contributed by atoms with Crippen LogP contribution in [0, 0.1) is 23.6 Å². The standard InChI is InChI=1S/C26H28ClFN4O4/c27-21-5-6-23(28)22(10-21)19-3-1-16(2-4-19)7-17(9-25(34)24-11-29-31-30-24)8-20(26(35)36)14-32-12-18(13-32)15-33/h1-6,10-11,17-18,20,33H,7-9,12-15H2,(H,35,36)(H,29,30,31)/t17-,20+/m1/s1. The maximum Gasteiger partial charge on any atom is 0.307 e. The molecule has 0 amide bonds. The third-order valence-electron chi connectivity index (χ3n) is 6.63. The lowest BCUT2D eigenvalue weighted by atomic mass is 9.84. The molecular formula is C26H28ClFN4O4. The van der Waals surface area contributed by atoms with Gasteiger partial charge in [0.2, 0.25) is 0 Å². The molecule has 190 valence electrons. The molecule has 1 saturated heterocycles. The first kappa shape index (κ1) is 25.9. The van der Waals surface area contributed by atoms with E-state index in [0.29, 0.717) is 48.6 Å². The Kier molecular flexibility index (Phi) is 8.45. The van der Waals surface area contributed by atoms with Gasteiger partial charge in [-0.3, -0.25) is 9.59 Å². The molecule has 1 fully saturated rings. The molecule has 0 spiro atoms. The van der Waals surface area contributed by atoms with Crippen LogP contribution in [0.25, 0.3) is 11.1 Å². The normalized spacial score (nSPS) is 15.9. The van der Waals surface area contributed by atoms with Crippen LogP contribution in [0.5, 0.6) is 0 Å². The number of H-pyrrole nitrogens is 1. The number of aliphatic hydroxyl groups excluding tert-OH is 1. The molecule has 2 atom stereocenters. The Balaban J connectivity index is 1.49. The molecule has 10 heteroatoms. The molecule has 1 aliphatic heterocycles. The maximum atomic E-state index is 14.3. The molecule has 4 rings (SSSR count). The Hall–Kier alpha value is -3.14. The molecule has 2 aromatic carbocycles. The summed E-state index contributed by atoms with van der Waals surface area (Å²) in [6, 6.07) is 11.7. The number of nitrogens with zero attached hydrogens (tertiary/aromatic N) is 3. The van der Waals surface area contributed by atoms with Crippen molar-refractivity contribution in [2.24, 2.45) is 17.8 Å². The smallest absolute Gasteiger partial charge is 0.307 e. The van der Waals surface area contributed by atoms with Crippen LogP contribution < -0.4 is 0 Å². The number of aliphatic hydroxyl groups is 1. The van der Waals surface area contributed by atoms with Crippen molar-refractivity contribution in [2.75, 3.05) is 26.2 Å². The summed E-state index contributed by atoms with van der Waals surface area (Å²) in [5.41, 5.74) is 2.20. The minimum atomic E-state index is -0.909. The number of hydrogen-bond acceptors (Lipinski definition) is 6. The highest BCUT2D eigenvalue weighted by atomic mass is 35.5. The van der Waals surface area contributed by atoms with E-state index in [2.05, 4.69) is 15.4 Å². The molecule has 3 N–H and O–H groups in total. The minimum absolute atomic E-state index is 0.0954. The van der Waals surface area contributed by atoms with Crippen LogP contribution in [0.2, 0.25) is 5.02 Å². The number of halogens is 2. The van der Waals surface area contributed by atoms with Gasteiger partial charge < -0.3 is 15.1 Å². The molecular weight excluding hydrogens is 487 g/mol. The van der Waals surface area contributed by atoms with Gasteiger partial charge in [0.25, 0.3) is 0 Å². The Labute approximate surface area is 213 Å². The molecule has 1 aliphatic rings. The summed E-state index contributed by atoms with van der Waals surface area (Å²) in [5.74, 6) is -2.21. The van der Waals surface area contributed by atoms with Gasteiger partial charge in [0, 0.05) is 49.2 Å². The van der Waals surface area contributed by atoms with Crippen molar-refractivity contribution in [1.29, 1.82) is 0 Å². The van der Waals surface area contributed by atoms with Crippen LogP contribution in [-0.4, -0.2) is 68.5 Å². The molecule has 0 aliphatic carbocycles. The fraction of sp³-hybridized carbons (Fsp3) is 0.385. The fourth-order valence-electron chi connectivity index (χ4n) is 4.72. The Bertz CT molecular complexity index is 1180. The molecule has 36 heavy (non-hydrogen) atoms. The van der Waals surface area contributed by atoms with E-state index < -0.39 is 11.9 Å². The lowest BCUT2D eigenvalue weighted by Gasteiger charge is -2.40. The summed E-state index contributed by atoms with van der Waals surface area (Å²) in [4.78, 5) is 26.8. The van der Waals surface area contributed by atoms with E-state index in [1.54, 1.807) is 18.2 Å². The number of carboxylic acids is 1. The zero-order valence-electron chi connectivity index (χ0n) is 19.6. The summed E-state index contributed by atoms with van der Waals surface area (Å²) < 4.78 is 14.3. The summed E-state index contributed by atoms with van der Waals surface area (Å²) in [5, 5.41) is 29.5. The molecule has 2 heterocycles. The van der Waals surface area contributed by atoms with Crippen molar-refractivity contribution in [3.05, 3.63) is 70.8 Å². The molecule has 0 radical (unpaired) electrons. The van der Waals surface area contributed by atoms with E-state index in [4.69, 9.17) is 11.6 Å². The number of benzene rings is 2. The molecule has 0 unspecified atom stereocenters. The van der Waals surface area contributed by atoms with E-state index in [-0.39, 0.29) is 42.2 Å². The lowest BCUT2D eigenvalue weighted by molar-refractivity contribution is -0.144. The van der Waals surface area contributed by atoms with Crippen LogP contribution in [0.3, 0.4) is 0 Å². The third kappa shape index (κ3) is 6.54. The summed E-state index contributed by atoms with van der Waals surface area (Å²) in [6.45, 7) is 1.81. The fourth-order valence-corrected chi connectivity index (χ4v) is 4.89. The summed E-state index contributed by atoms with van der Waals surface area (Å²) >= 11 is 6.02. The molecule has 8 nitrogen and oxygen atoms in total. The molecule has 0 bridgehead atoms. The van der Waals surface area contributed by atoms with Gasteiger partial charge in [-0.15, -0.1) is 0 Å². The number of aromatic nitrogens is 3. The third-order valence-corrected chi connectivity index (χ3v) is 6.86. The lowest BCUT2D eigenvalue weighted by Crippen LogP contribution is -2.51. The average molecular weight is 515 g/mol. The topological polar surface area (TPSA) is 119 Å². The van der Waals surface area contributed by atoms with Gasteiger partial charge in [-0.1, -0.05) is 35.9 Å². The highest BCUT2D eigenvalue weighted by molar-refractivity contribution is 6.30. The number of carboxylic acid groups (broad SMARTS) is 1. The quantitative estimate of drug-likeness (QED) is 0.315. The zero-order valence-corrected chi connectivity index (χ0v) is 20.4. The highest BCUT2D eigenvalue weighted by Crippen LogP contribution is 2.29. The molecule has 0 saturated carbocycles. The van der Waals surface area contributed by atoms with Crippen molar-refractivity contribution in [3.63, 3.8) is 0 Å². The number of hydrogen-bond donors (Lipinski definition) is 3. The number of aromatic amines is 1. The second-order valence-corrected chi connectivity index (χ2v) is 9.85. The monoisotopic (exact) mass is 514 g/mol. The van der Waals surface area contributed by atoms with E-state index in [9.17, 15) is 24.2 Å². The van der Waals surface area contributed by atoms with Crippen LogP contribution in [0.15, 0.2) is 48.7 Å². The van der Waals surface area contributed by atoms with Gasteiger partial charge in [0.1, 0.15) is 11.5 Å². The first-order chi connectivity index (χ1) is 17.3. The van der Waals surface area contributed by atoms with Crippen LogP contribution in [0.4, 0.5) is 4.39 Å². The van der Waals surface area contributed by atoms with E-state index in [0.717, 1.165) is 5.56 Å². The molecule has 1 aromatic heterocycles. The SMILES string of the molecule is O=C(C[C@H](Cc1ccc(-c2cc(Cl)ccc2F)cc1)C[C@@H](CN1CC(CO)C1)C(=O)O)c1cn[nH]n1. The number of nitrogens with one attached hydrogen (secondary N) is 1. The van der Waals surface area contributed by atoms with Crippen molar-refractivity contribution in [3.8, 4) is 11.1 Å². The minimum Gasteiger partial charge on any atom is -0.481 e. The number of ketones is 1. The summed E-state index contributed by atoms with van der Waals surface area (Å²) in [6.07, 6.45) is 2.27. The highest BCUT2D eigenvalue weighted by Gasteiger charge is 2.32. The average Bonchev–Trinajstić information content (AvgIpc) is 3.37. The number of carbonyl (C=O) groups excluding carboxylic acids is 1. The predicted octanol–water partition coefficient (Wildman–Crippen LogP) is 3.71. The van der Waals surface area contributed by atoms with E-state index in [1.165, 1.54) is 18.3 Å². The van der Waals surface area contributed by atoms with Gasteiger partial charge >= 0.3 is 5.97 Å². The van der Waals surface area contributed by atoms with Gasteiger partial charge in [0.15, 0.2) is 5.78 Å². The van der Waals surface area contributed by atoms with Crippen LogP contribution >= 0.6 is 11.6 Å². The second-order valence-electron chi connectivity index (χ2n) is 9.41. The van der Waals surface area contributed by atoms with Gasteiger partial charge in [0.05, 0.1) is 12.1 Å². The van der Waals surface area contributed by atoms with Gasteiger partial charge in [-0.25, -0.2) is 4.39 Å². The van der Waals surface area contributed by atoms with E-state index >= 15 is 0 Å². The maximum absolute atomic E-state index is 14.3. The zero-order chi connectivity index (χ0) is 25.7. The Morgan fingerprint density at radius 2 is 1.94 bits per heavy atom. The van der Waals surface area contributed by atoms with E-state index in [1.807, 2.05) is 17.0 Å². The second kappa shape index (κ2) is 11.7. The Morgan fingerprint density at radius 1 is 1.19 bits per heavy atom. The molecule has 3 aromatic rings. The van der Waals surface area contributed by atoms with Crippen molar-refractivity contribution in [2.45, 2.75) is 19.3 Å². The first-order valence-corrected chi connectivity index (χ1v) is 12.2.